The lowest BCUT2D eigenvalue weighted by molar-refractivity contribution is -0.118. The third kappa shape index (κ3) is 4.43. The summed E-state index contributed by atoms with van der Waals surface area (Å²) in [4.78, 5) is 12.4. The molecule has 0 aromatic heterocycles. The maximum atomic E-state index is 12.4. The number of hydrogen-bond donors (Lipinski definition) is 2. The Morgan fingerprint density at radius 1 is 1.09 bits per heavy atom. The van der Waals surface area contributed by atoms with Gasteiger partial charge in [-0.2, -0.15) is 0 Å². The molecule has 4 heteroatoms. The van der Waals surface area contributed by atoms with Gasteiger partial charge >= 0.3 is 0 Å². The van der Waals surface area contributed by atoms with Gasteiger partial charge in [-0.15, -0.1) is 0 Å². The van der Waals surface area contributed by atoms with Gasteiger partial charge in [0.2, 0.25) is 5.91 Å². The predicted molar refractivity (Wildman–Crippen MR) is 97.3 cm³/mol. The number of amides is 1. The maximum Gasteiger partial charge on any atom is 0.241 e. The second-order valence-electron chi connectivity index (χ2n) is 6.11. The van der Waals surface area contributed by atoms with E-state index in [1.807, 2.05) is 37.3 Å². The minimum atomic E-state index is -0.246. The quantitative estimate of drug-likeness (QED) is 0.782. The summed E-state index contributed by atoms with van der Waals surface area (Å²) < 4.78 is 1.000. The van der Waals surface area contributed by atoms with E-state index in [9.17, 15) is 4.79 Å². The molecule has 0 heterocycles. The molecule has 1 amide bonds. The van der Waals surface area contributed by atoms with Crippen molar-refractivity contribution in [3.8, 4) is 0 Å². The molecule has 2 N–H and O–H groups in total. The third-order valence-corrected chi connectivity index (χ3v) is 4.72. The fourth-order valence-corrected chi connectivity index (χ4v) is 2.99. The Morgan fingerprint density at radius 3 is 2.35 bits per heavy atom. The van der Waals surface area contributed by atoms with Crippen LogP contribution in [0.3, 0.4) is 0 Å². The van der Waals surface area contributed by atoms with Crippen LogP contribution in [0.2, 0.25) is 0 Å². The summed E-state index contributed by atoms with van der Waals surface area (Å²) in [5.41, 5.74) is 2.08. The molecule has 1 aliphatic rings. The topological polar surface area (TPSA) is 41.1 Å². The highest BCUT2D eigenvalue weighted by Crippen LogP contribution is 2.41. The van der Waals surface area contributed by atoms with Gasteiger partial charge in [0.15, 0.2) is 0 Å². The van der Waals surface area contributed by atoms with Gasteiger partial charge in [-0.25, -0.2) is 0 Å². The normalized spacial score (nSPS) is 16.6. The Balaban J connectivity index is 1.63. The monoisotopic (exact) mass is 372 g/mol. The van der Waals surface area contributed by atoms with Crippen molar-refractivity contribution in [2.24, 2.45) is 5.92 Å². The second-order valence-corrected chi connectivity index (χ2v) is 7.03. The van der Waals surface area contributed by atoms with Gasteiger partial charge in [0.25, 0.3) is 0 Å². The zero-order valence-corrected chi connectivity index (χ0v) is 14.7. The zero-order valence-electron chi connectivity index (χ0n) is 13.1. The lowest BCUT2D eigenvalue weighted by atomic mass is 10.0. The summed E-state index contributed by atoms with van der Waals surface area (Å²) in [5.74, 6) is 0.634. The first-order valence-electron chi connectivity index (χ1n) is 8.01. The van der Waals surface area contributed by atoms with Crippen LogP contribution in [0, 0.1) is 5.92 Å². The molecule has 0 spiro atoms. The van der Waals surface area contributed by atoms with Crippen LogP contribution in [-0.2, 0) is 4.79 Å². The van der Waals surface area contributed by atoms with Crippen LogP contribution < -0.4 is 10.6 Å². The summed E-state index contributed by atoms with van der Waals surface area (Å²) >= 11 is 3.40. The van der Waals surface area contributed by atoms with Crippen molar-refractivity contribution in [2.75, 3.05) is 5.32 Å². The van der Waals surface area contributed by atoms with Gasteiger partial charge in [-0.3, -0.25) is 10.1 Å². The molecule has 3 rings (SSSR count). The smallest absolute Gasteiger partial charge is 0.241 e. The molecule has 3 nitrogen and oxygen atoms in total. The van der Waals surface area contributed by atoms with E-state index >= 15 is 0 Å². The third-order valence-electron chi connectivity index (χ3n) is 4.19. The first-order chi connectivity index (χ1) is 11.1. The molecule has 2 aromatic carbocycles. The number of hydrogen-bond acceptors (Lipinski definition) is 2. The number of benzene rings is 2. The number of rotatable bonds is 6. The molecule has 120 valence electrons. The Morgan fingerprint density at radius 2 is 1.74 bits per heavy atom. The fraction of sp³-hybridized carbons (Fsp3) is 0.316. The first-order valence-corrected chi connectivity index (χ1v) is 8.80. The summed E-state index contributed by atoms with van der Waals surface area (Å²) in [6.45, 7) is 1.92. The van der Waals surface area contributed by atoms with E-state index in [0.717, 1.165) is 10.2 Å². The van der Waals surface area contributed by atoms with E-state index in [1.54, 1.807) is 0 Å². The first kappa shape index (κ1) is 16.2. The van der Waals surface area contributed by atoms with Gasteiger partial charge in [0.05, 0.1) is 6.04 Å². The van der Waals surface area contributed by atoms with Crippen LogP contribution in [0.5, 0.6) is 0 Å². The minimum Gasteiger partial charge on any atom is -0.325 e. The van der Waals surface area contributed by atoms with Crippen LogP contribution in [0.25, 0.3) is 0 Å². The molecule has 2 aromatic rings. The summed E-state index contributed by atoms with van der Waals surface area (Å²) in [6.07, 6.45) is 2.46. The Bertz CT molecular complexity index is 653. The predicted octanol–water partition coefficient (Wildman–Crippen LogP) is 4.52. The number of carbonyl (C=O) groups excluding carboxylic acids is 1. The Kier molecular flexibility index (Phi) is 5.13. The van der Waals surface area contributed by atoms with Crippen molar-refractivity contribution >= 4 is 27.5 Å². The van der Waals surface area contributed by atoms with Gasteiger partial charge in [-0.05, 0) is 55.5 Å². The van der Waals surface area contributed by atoms with Crippen molar-refractivity contribution in [2.45, 2.75) is 31.8 Å². The average molecular weight is 373 g/mol. The molecule has 0 unspecified atom stereocenters. The molecule has 0 bridgehead atoms. The highest BCUT2D eigenvalue weighted by Gasteiger charge is 2.33. The zero-order chi connectivity index (χ0) is 16.2. The lowest BCUT2D eigenvalue weighted by Gasteiger charge is -2.23. The van der Waals surface area contributed by atoms with Crippen LogP contribution >= 0.6 is 15.9 Å². The average Bonchev–Trinajstić information content (AvgIpc) is 3.40. The molecule has 1 saturated carbocycles. The number of carbonyl (C=O) groups is 1. The fourth-order valence-electron chi connectivity index (χ4n) is 2.72. The highest BCUT2D eigenvalue weighted by molar-refractivity contribution is 9.10. The number of anilines is 1. The molecule has 0 radical (unpaired) electrons. The molecule has 0 aliphatic heterocycles. The van der Waals surface area contributed by atoms with Crippen molar-refractivity contribution in [3.05, 3.63) is 64.6 Å². The van der Waals surface area contributed by atoms with E-state index in [4.69, 9.17) is 0 Å². The van der Waals surface area contributed by atoms with E-state index in [2.05, 4.69) is 50.8 Å². The van der Waals surface area contributed by atoms with Crippen LogP contribution in [-0.4, -0.2) is 11.9 Å². The van der Waals surface area contributed by atoms with Gasteiger partial charge < -0.3 is 5.32 Å². The van der Waals surface area contributed by atoms with E-state index < -0.39 is 0 Å². The van der Waals surface area contributed by atoms with Crippen LogP contribution in [0.4, 0.5) is 5.69 Å². The number of halogens is 1. The Hall–Kier alpha value is -1.65. The largest absolute Gasteiger partial charge is 0.325 e. The molecule has 2 atom stereocenters. The molecular formula is C19H21BrN2O. The second kappa shape index (κ2) is 7.28. The van der Waals surface area contributed by atoms with E-state index in [1.165, 1.54) is 18.4 Å². The molecule has 1 aliphatic carbocycles. The molecule has 23 heavy (non-hydrogen) atoms. The Labute approximate surface area is 145 Å². The van der Waals surface area contributed by atoms with Crippen molar-refractivity contribution in [3.63, 3.8) is 0 Å². The van der Waals surface area contributed by atoms with Gasteiger partial charge in [-0.1, -0.05) is 46.3 Å². The van der Waals surface area contributed by atoms with Crippen LogP contribution in [0.1, 0.15) is 31.4 Å². The van der Waals surface area contributed by atoms with Crippen molar-refractivity contribution in [1.29, 1.82) is 0 Å². The van der Waals surface area contributed by atoms with E-state index in [0.29, 0.717) is 5.92 Å². The lowest BCUT2D eigenvalue weighted by Crippen LogP contribution is -2.40. The molecule has 1 fully saturated rings. The summed E-state index contributed by atoms with van der Waals surface area (Å²) in [7, 11) is 0. The van der Waals surface area contributed by atoms with Gasteiger partial charge in [0.1, 0.15) is 0 Å². The summed E-state index contributed by atoms with van der Waals surface area (Å²) in [5, 5.41) is 6.47. The number of nitrogens with one attached hydrogen (secondary N) is 2. The van der Waals surface area contributed by atoms with Crippen molar-refractivity contribution in [1.82, 2.24) is 5.32 Å². The minimum absolute atomic E-state index is 0.00564. The highest BCUT2D eigenvalue weighted by atomic mass is 79.9. The van der Waals surface area contributed by atoms with Crippen LogP contribution in [0.15, 0.2) is 59.1 Å². The summed E-state index contributed by atoms with van der Waals surface area (Å²) in [6, 6.07) is 18.0. The molecular weight excluding hydrogens is 352 g/mol. The standard InChI is InChI=1S/C19H21BrN2O/c1-13(19(23)22-17-11-9-16(20)10-12-17)21-18(15-7-8-15)14-5-3-2-4-6-14/h2-6,9-13,15,18,21H,7-8H2,1H3,(H,22,23)/t13-,18+/m0/s1. The van der Waals surface area contributed by atoms with Crippen molar-refractivity contribution < 1.29 is 4.79 Å². The van der Waals surface area contributed by atoms with E-state index in [-0.39, 0.29) is 18.0 Å². The van der Waals surface area contributed by atoms with Gasteiger partial charge in [0, 0.05) is 16.2 Å². The SMILES string of the molecule is C[C@H](N[C@H](c1ccccc1)C1CC1)C(=O)Nc1ccc(Br)cc1. The maximum absolute atomic E-state index is 12.4. The molecule has 0 saturated heterocycles.